The SMILES string of the molecule is CO[C@@H]1C[C@H]2CN(C(=O)c3ccc4cn[nH]c4n3)C[C@H]2C[C@H]1N(C)C.O=CO. The molecule has 1 aliphatic carbocycles. The molecule has 9 nitrogen and oxygen atoms in total. The minimum atomic E-state index is -0.250. The highest BCUT2D eigenvalue weighted by Crippen LogP contribution is 2.39. The number of likely N-dealkylation sites (N-methyl/N-ethyl adjacent to an activating group) is 1. The highest BCUT2D eigenvalue weighted by atomic mass is 16.5. The highest BCUT2D eigenvalue weighted by molar-refractivity contribution is 5.94. The van der Waals surface area contributed by atoms with Crippen molar-refractivity contribution in [3.05, 3.63) is 24.0 Å². The summed E-state index contributed by atoms with van der Waals surface area (Å²) in [6.07, 6.45) is 4.05. The van der Waals surface area contributed by atoms with Crippen molar-refractivity contribution < 1.29 is 19.4 Å². The summed E-state index contributed by atoms with van der Waals surface area (Å²) in [5.74, 6) is 1.07. The minimum Gasteiger partial charge on any atom is -0.483 e. The predicted molar refractivity (Wildman–Crippen MR) is 103 cm³/mol. The van der Waals surface area contributed by atoms with Crippen LogP contribution in [0, 0.1) is 11.8 Å². The summed E-state index contributed by atoms with van der Waals surface area (Å²) in [7, 11) is 6.01. The third kappa shape index (κ3) is 4.00. The number of amides is 1. The molecule has 28 heavy (non-hydrogen) atoms. The van der Waals surface area contributed by atoms with Crippen LogP contribution >= 0.6 is 0 Å². The zero-order chi connectivity index (χ0) is 20.3. The maximum atomic E-state index is 12.9. The summed E-state index contributed by atoms with van der Waals surface area (Å²) in [6.45, 7) is 1.36. The number of likely N-dealkylation sites (tertiary alicyclic amines) is 1. The molecule has 3 heterocycles. The van der Waals surface area contributed by atoms with Gasteiger partial charge in [-0.1, -0.05) is 0 Å². The molecule has 9 heteroatoms. The van der Waals surface area contributed by atoms with E-state index in [1.807, 2.05) is 11.0 Å². The number of pyridine rings is 1. The maximum absolute atomic E-state index is 12.9. The first-order valence-electron chi connectivity index (χ1n) is 9.35. The van der Waals surface area contributed by atoms with E-state index in [0.29, 0.717) is 29.2 Å². The number of H-pyrrole nitrogens is 1. The molecule has 0 aromatic carbocycles. The lowest BCUT2D eigenvalue weighted by Crippen LogP contribution is -2.47. The fraction of sp³-hybridized carbons (Fsp3) is 0.579. The first kappa shape index (κ1) is 20.2. The Labute approximate surface area is 163 Å². The molecule has 1 aliphatic heterocycles. The molecule has 0 radical (unpaired) electrons. The average molecular weight is 389 g/mol. The molecule has 1 saturated carbocycles. The van der Waals surface area contributed by atoms with Gasteiger partial charge in [0.2, 0.25) is 0 Å². The molecule has 2 aliphatic rings. The number of methoxy groups -OCH3 is 1. The van der Waals surface area contributed by atoms with Crippen molar-refractivity contribution in [2.24, 2.45) is 11.8 Å². The summed E-state index contributed by atoms with van der Waals surface area (Å²) in [5.41, 5.74) is 1.15. The molecular weight excluding hydrogens is 362 g/mol. The van der Waals surface area contributed by atoms with Crippen LogP contribution in [-0.4, -0.2) is 88.9 Å². The van der Waals surface area contributed by atoms with E-state index in [-0.39, 0.29) is 18.5 Å². The van der Waals surface area contributed by atoms with Crippen molar-refractivity contribution in [1.82, 2.24) is 25.0 Å². The molecule has 2 fully saturated rings. The third-order valence-corrected chi connectivity index (χ3v) is 5.86. The molecule has 2 aromatic heterocycles. The Hall–Kier alpha value is -2.52. The Kier molecular flexibility index (Phi) is 6.25. The van der Waals surface area contributed by atoms with Gasteiger partial charge in [-0.25, -0.2) is 4.98 Å². The Morgan fingerprint density at radius 3 is 2.64 bits per heavy atom. The second-order valence-corrected chi connectivity index (χ2v) is 7.62. The number of hydrogen-bond acceptors (Lipinski definition) is 6. The van der Waals surface area contributed by atoms with Gasteiger partial charge in [0, 0.05) is 31.6 Å². The molecule has 152 valence electrons. The Bertz CT molecular complexity index is 824. The highest BCUT2D eigenvalue weighted by Gasteiger charge is 2.44. The van der Waals surface area contributed by atoms with E-state index < -0.39 is 0 Å². The van der Waals surface area contributed by atoms with E-state index in [4.69, 9.17) is 14.6 Å². The predicted octanol–water partition coefficient (Wildman–Crippen LogP) is 1.09. The fourth-order valence-corrected chi connectivity index (χ4v) is 4.46. The number of carboxylic acid groups (broad SMARTS) is 1. The maximum Gasteiger partial charge on any atom is 0.290 e. The zero-order valence-corrected chi connectivity index (χ0v) is 16.4. The van der Waals surface area contributed by atoms with Gasteiger partial charge in [-0.3, -0.25) is 14.7 Å². The molecule has 0 unspecified atom stereocenters. The lowest BCUT2D eigenvalue weighted by molar-refractivity contribution is -0.122. The van der Waals surface area contributed by atoms with Crippen LogP contribution in [0.1, 0.15) is 23.3 Å². The number of hydrogen-bond donors (Lipinski definition) is 2. The second-order valence-electron chi connectivity index (χ2n) is 7.62. The molecule has 4 rings (SSSR count). The molecule has 2 aromatic rings. The van der Waals surface area contributed by atoms with Crippen LogP contribution in [0.3, 0.4) is 0 Å². The summed E-state index contributed by atoms with van der Waals surface area (Å²) in [6, 6.07) is 4.11. The van der Waals surface area contributed by atoms with Gasteiger partial charge >= 0.3 is 0 Å². The van der Waals surface area contributed by atoms with E-state index in [0.717, 1.165) is 31.3 Å². The van der Waals surface area contributed by atoms with Crippen LogP contribution in [0.4, 0.5) is 0 Å². The quantitative estimate of drug-likeness (QED) is 0.756. The fourth-order valence-electron chi connectivity index (χ4n) is 4.46. The van der Waals surface area contributed by atoms with Crippen LogP contribution in [0.5, 0.6) is 0 Å². The second kappa shape index (κ2) is 8.66. The lowest BCUT2D eigenvalue weighted by atomic mass is 9.77. The Morgan fingerprint density at radius 1 is 1.32 bits per heavy atom. The van der Waals surface area contributed by atoms with Gasteiger partial charge in [-0.05, 0) is 50.9 Å². The van der Waals surface area contributed by atoms with Crippen molar-refractivity contribution in [2.75, 3.05) is 34.3 Å². The number of nitrogens with one attached hydrogen (secondary N) is 1. The van der Waals surface area contributed by atoms with E-state index in [9.17, 15) is 4.79 Å². The average Bonchev–Trinajstić information content (AvgIpc) is 3.32. The smallest absolute Gasteiger partial charge is 0.290 e. The Balaban J connectivity index is 0.000000706. The van der Waals surface area contributed by atoms with Crippen LogP contribution in [0.25, 0.3) is 11.0 Å². The van der Waals surface area contributed by atoms with Crippen LogP contribution in [0.2, 0.25) is 0 Å². The van der Waals surface area contributed by atoms with E-state index >= 15 is 0 Å². The number of aromatic nitrogens is 3. The molecule has 2 N–H and O–H groups in total. The van der Waals surface area contributed by atoms with Crippen molar-refractivity contribution in [3.8, 4) is 0 Å². The van der Waals surface area contributed by atoms with Gasteiger partial charge in [0.1, 0.15) is 5.69 Å². The lowest BCUT2D eigenvalue weighted by Gasteiger charge is -2.40. The molecular formula is C19H27N5O4. The largest absolute Gasteiger partial charge is 0.483 e. The van der Waals surface area contributed by atoms with Gasteiger partial charge in [0.15, 0.2) is 5.65 Å². The van der Waals surface area contributed by atoms with E-state index in [2.05, 4.69) is 34.2 Å². The summed E-state index contributed by atoms with van der Waals surface area (Å²) < 4.78 is 5.72. The zero-order valence-electron chi connectivity index (χ0n) is 16.4. The van der Waals surface area contributed by atoms with Gasteiger partial charge in [0.25, 0.3) is 12.4 Å². The number of carbonyl (C=O) groups excluding carboxylic acids is 1. The van der Waals surface area contributed by atoms with Crippen molar-refractivity contribution >= 4 is 23.4 Å². The monoisotopic (exact) mass is 389 g/mol. The number of fused-ring (bicyclic) bond motifs is 2. The number of carbonyl (C=O) groups is 2. The van der Waals surface area contributed by atoms with Crippen molar-refractivity contribution in [3.63, 3.8) is 0 Å². The summed E-state index contributed by atoms with van der Waals surface area (Å²) in [5, 5.41) is 14.6. The molecule has 0 bridgehead atoms. The molecule has 1 saturated heterocycles. The molecule has 1 amide bonds. The minimum absolute atomic E-state index is 0.0151. The normalized spacial score (nSPS) is 26.6. The number of nitrogens with zero attached hydrogens (tertiary/aromatic N) is 4. The first-order valence-corrected chi connectivity index (χ1v) is 9.35. The Morgan fingerprint density at radius 2 is 2.00 bits per heavy atom. The van der Waals surface area contributed by atoms with E-state index in [1.165, 1.54) is 0 Å². The van der Waals surface area contributed by atoms with Gasteiger partial charge in [-0.2, -0.15) is 5.10 Å². The van der Waals surface area contributed by atoms with Crippen LogP contribution < -0.4 is 0 Å². The van der Waals surface area contributed by atoms with Crippen molar-refractivity contribution in [1.29, 1.82) is 0 Å². The number of ether oxygens (including phenoxy) is 1. The number of rotatable bonds is 3. The number of aromatic amines is 1. The summed E-state index contributed by atoms with van der Waals surface area (Å²) in [4.78, 5) is 29.9. The van der Waals surface area contributed by atoms with Gasteiger partial charge in [0.05, 0.1) is 12.3 Å². The van der Waals surface area contributed by atoms with Gasteiger partial charge < -0.3 is 19.6 Å². The molecule has 4 atom stereocenters. The first-order chi connectivity index (χ1) is 13.5. The van der Waals surface area contributed by atoms with E-state index in [1.54, 1.807) is 19.4 Å². The van der Waals surface area contributed by atoms with Crippen molar-refractivity contribution in [2.45, 2.75) is 25.0 Å². The summed E-state index contributed by atoms with van der Waals surface area (Å²) >= 11 is 0. The van der Waals surface area contributed by atoms with Crippen LogP contribution in [-0.2, 0) is 9.53 Å². The third-order valence-electron chi connectivity index (χ3n) is 5.86. The van der Waals surface area contributed by atoms with Crippen LogP contribution in [0.15, 0.2) is 18.3 Å². The standard InChI is InChI=1S/C18H25N5O2.CH2O2/c1-22(2)15-6-12-9-23(10-13(12)7-16(15)25-3)18(24)14-5-4-11-8-19-21-17(11)20-14;2-1-3/h4-5,8,12-13,15-16H,6-7,9-10H2,1-3H3,(H,19,20,21);1H,(H,2,3)/t12-,13+,15-,16-;/m1./s1. The topological polar surface area (TPSA) is 112 Å². The van der Waals surface area contributed by atoms with Gasteiger partial charge in [-0.15, -0.1) is 0 Å². The molecule has 0 spiro atoms.